The second kappa shape index (κ2) is 10.4. The van der Waals surface area contributed by atoms with E-state index >= 15 is 0 Å². The quantitative estimate of drug-likeness (QED) is 0.401. The summed E-state index contributed by atoms with van der Waals surface area (Å²) in [5, 5.41) is 13.3. The molecule has 1 aliphatic rings. The molecular weight excluding hydrogens is 465 g/mol. The normalized spacial score (nSPS) is 15.1. The number of benzene rings is 2. The molecule has 1 N–H and O–H groups in total. The maximum absolute atomic E-state index is 13.8. The van der Waals surface area contributed by atoms with E-state index in [-0.39, 0.29) is 24.4 Å². The summed E-state index contributed by atoms with van der Waals surface area (Å²) in [5.74, 6) is -0.993. The van der Waals surface area contributed by atoms with E-state index in [1.54, 1.807) is 0 Å². The van der Waals surface area contributed by atoms with Gasteiger partial charge in [0.25, 0.3) is 0 Å². The predicted molar refractivity (Wildman–Crippen MR) is 133 cm³/mol. The first-order valence-electron chi connectivity index (χ1n) is 11.8. The fraction of sp³-hybridized carbons (Fsp3) is 0.308. The van der Waals surface area contributed by atoms with E-state index in [0.717, 1.165) is 36.1 Å². The van der Waals surface area contributed by atoms with E-state index in [9.17, 15) is 14.0 Å². The van der Waals surface area contributed by atoms with Crippen molar-refractivity contribution in [3.63, 3.8) is 0 Å². The van der Waals surface area contributed by atoms with Gasteiger partial charge in [0.05, 0.1) is 5.52 Å². The third-order valence-corrected chi connectivity index (χ3v) is 7.27. The summed E-state index contributed by atoms with van der Waals surface area (Å²) < 4.78 is 15.3. The number of hydrogen-bond acceptors (Lipinski definition) is 5. The lowest BCUT2D eigenvalue weighted by atomic mass is 9.95. The smallest absolute Gasteiger partial charge is 0.249 e. The number of aromatic nitrogens is 3. The van der Waals surface area contributed by atoms with Crippen molar-refractivity contribution in [3.8, 4) is 0 Å². The summed E-state index contributed by atoms with van der Waals surface area (Å²) in [7, 11) is 0. The molecule has 1 aliphatic carbocycles. The lowest BCUT2D eigenvalue weighted by molar-refractivity contribution is -0.127. The first-order valence-corrected chi connectivity index (χ1v) is 12.7. The molecule has 1 fully saturated rings. The number of hydrogen-bond donors (Lipinski definition) is 1. The molecule has 35 heavy (non-hydrogen) atoms. The van der Waals surface area contributed by atoms with Crippen molar-refractivity contribution in [2.45, 2.75) is 50.7 Å². The summed E-state index contributed by atoms with van der Waals surface area (Å²) in [6.45, 7) is -0.115. The van der Waals surface area contributed by atoms with Gasteiger partial charge < -0.3 is 5.32 Å². The molecule has 0 spiro atoms. The Morgan fingerprint density at radius 3 is 2.57 bits per heavy atom. The zero-order valence-electron chi connectivity index (χ0n) is 19.1. The molecule has 0 aliphatic heterocycles. The molecule has 0 unspecified atom stereocenters. The Bertz CT molecular complexity index is 1300. The van der Waals surface area contributed by atoms with Crippen LogP contribution in [-0.2, 0) is 16.1 Å². The van der Waals surface area contributed by atoms with Crippen molar-refractivity contribution in [2.75, 3.05) is 4.90 Å². The highest BCUT2D eigenvalue weighted by Crippen LogP contribution is 2.32. The Morgan fingerprint density at radius 2 is 1.83 bits per heavy atom. The van der Waals surface area contributed by atoms with Crippen LogP contribution >= 0.6 is 11.3 Å². The van der Waals surface area contributed by atoms with Crippen LogP contribution in [0.4, 0.5) is 10.1 Å². The van der Waals surface area contributed by atoms with Crippen molar-refractivity contribution >= 4 is 39.9 Å². The summed E-state index contributed by atoms with van der Waals surface area (Å²) in [6, 6.07) is 16.0. The van der Waals surface area contributed by atoms with Crippen LogP contribution in [0.2, 0.25) is 0 Å². The van der Waals surface area contributed by atoms with Gasteiger partial charge in [-0.25, -0.2) is 9.07 Å². The molecule has 2 amide bonds. The van der Waals surface area contributed by atoms with Gasteiger partial charge in [-0.3, -0.25) is 14.5 Å². The maximum Gasteiger partial charge on any atom is 0.249 e. The second-order valence-corrected chi connectivity index (χ2v) is 9.72. The Kier molecular flexibility index (Phi) is 6.85. The molecule has 4 aromatic rings. The number of carbonyl (C=O) groups is 2. The summed E-state index contributed by atoms with van der Waals surface area (Å²) in [6.07, 6.45) is 5.19. The van der Waals surface area contributed by atoms with Gasteiger partial charge in [-0.05, 0) is 60.7 Å². The van der Waals surface area contributed by atoms with Crippen molar-refractivity contribution < 1.29 is 14.0 Å². The van der Waals surface area contributed by atoms with Gasteiger partial charge in [0, 0.05) is 16.6 Å². The first-order chi connectivity index (χ1) is 17.1. The Labute approximate surface area is 206 Å². The summed E-state index contributed by atoms with van der Waals surface area (Å²) in [5.41, 5.74) is 1.84. The molecule has 2 aromatic heterocycles. The predicted octanol–water partition coefficient (Wildman–Crippen LogP) is 4.86. The third kappa shape index (κ3) is 5.09. The van der Waals surface area contributed by atoms with E-state index in [1.807, 2.05) is 41.8 Å². The number of carbonyl (C=O) groups excluding carboxylic acids is 2. The Morgan fingerprint density at radius 1 is 1.06 bits per heavy atom. The van der Waals surface area contributed by atoms with Crippen LogP contribution in [0.15, 0.2) is 66.0 Å². The Balaban J connectivity index is 1.52. The molecular formula is C26H26FN5O2S. The molecule has 180 valence electrons. The summed E-state index contributed by atoms with van der Waals surface area (Å²) >= 11 is 1.41. The number of rotatable bonds is 7. The highest BCUT2D eigenvalue weighted by Gasteiger charge is 2.35. The average molecular weight is 492 g/mol. The lowest BCUT2D eigenvalue weighted by Crippen LogP contribution is -2.48. The fourth-order valence-corrected chi connectivity index (χ4v) is 5.44. The molecule has 1 saturated carbocycles. The lowest BCUT2D eigenvalue weighted by Gasteiger charge is -2.32. The van der Waals surface area contributed by atoms with Crippen LogP contribution in [0.1, 0.15) is 43.0 Å². The van der Waals surface area contributed by atoms with Gasteiger partial charge in [0.2, 0.25) is 11.8 Å². The molecule has 0 saturated heterocycles. The van der Waals surface area contributed by atoms with Gasteiger partial charge in [0.15, 0.2) is 0 Å². The zero-order chi connectivity index (χ0) is 24.2. The fourth-order valence-electron chi connectivity index (χ4n) is 4.62. The molecule has 5 rings (SSSR count). The van der Waals surface area contributed by atoms with Crippen molar-refractivity contribution in [2.24, 2.45) is 0 Å². The number of halogens is 1. The van der Waals surface area contributed by atoms with E-state index in [2.05, 4.69) is 15.6 Å². The van der Waals surface area contributed by atoms with Gasteiger partial charge >= 0.3 is 0 Å². The third-order valence-electron chi connectivity index (χ3n) is 6.35. The largest absolute Gasteiger partial charge is 0.351 e. The van der Waals surface area contributed by atoms with Crippen LogP contribution < -0.4 is 10.2 Å². The van der Waals surface area contributed by atoms with E-state index in [4.69, 9.17) is 0 Å². The first kappa shape index (κ1) is 23.2. The number of nitrogens with one attached hydrogen (secondary N) is 1. The van der Waals surface area contributed by atoms with Crippen molar-refractivity contribution in [1.82, 2.24) is 20.3 Å². The molecule has 0 radical (unpaired) electrons. The standard InChI is InChI=1S/C26H26FN5O2S/c27-18-12-14-20(15-13-18)32(24(33)17-31-22-10-5-4-9-21(22)29-30-31)25(23-11-6-16-35-23)26(34)28-19-7-2-1-3-8-19/h4-6,9-16,19,25H,1-3,7-8,17H2,(H,28,34)/t25-/m0/s1. The topological polar surface area (TPSA) is 80.1 Å². The minimum Gasteiger partial charge on any atom is -0.351 e. The van der Waals surface area contributed by atoms with Gasteiger partial charge in [-0.2, -0.15) is 0 Å². The number of amides is 2. The molecule has 1 atom stereocenters. The van der Waals surface area contributed by atoms with Crippen LogP contribution in [0.5, 0.6) is 0 Å². The van der Waals surface area contributed by atoms with Gasteiger partial charge in [-0.15, -0.1) is 16.4 Å². The van der Waals surface area contributed by atoms with Crippen molar-refractivity contribution in [3.05, 3.63) is 76.7 Å². The minimum absolute atomic E-state index is 0.0862. The number of thiophene rings is 1. The second-order valence-electron chi connectivity index (χ2n) is 8.74. The zero-order valence-corrected chi connectivity index (χ0v) is 20.0. The molecule has 0 bridgehead atoms. The number of anilines is 1. The van der Waals surface area contributed by atoms with E-state index in [0.29, 0.717) is 11.2 Å². The van der Waals surface area contributed by atoms with Crippen LogP contribution in [-0.4, -0.2) is 32.9 Å². The van der Waals surface area contributed by atoms with Gasteiger partial charge in [-0.1, -0.05) is 42.7 Å². The number of fused-ring (bicyclic) bond motifs is 1. The highest BCUT2D eigenvalue weighted by atomic mass is 32.1. The molecule has 2 aromatic carbocycles. The van der Waals surface area contributed by atoms with Crippen LogP contribution in [0.25, 0.3) is 11.0 Å². The summed E-state index contributed by atoms with van der Waals surface area (Å²) in [4.78, 5) is 29.7. The van der Waals surface area contributed by atoms with Crippen LogP contribution in [0, 0.1) is 5.82 Å². The van der Waals surface area contributed by atoms with Crippen LogP contribution in [0.3, 0.4) is 0 Å². The average Bonchev–Trinajstić information content (AvgIpc) is 3.54. The molecule has 7 nitrogen and oxygen atoms in total. The van der Waals surface area contributed by atoms with E-state index < -0.39 is 11.9 Å². The van der Waals surface area contributed by atoms with Gasteiger partial charge in [0.1, 0.15) is 23.9 Å². The molecule has 9 heteroatoms. The number of para-hydroxylation sites is 1. The number of nitrogens with zero attached hydrogens (tertiary/aromatic N) is 4. The molecule has 2 heterocycles. The van der Waals surface area contributed by atoms with Crippen molar-refractivity contribution in [1.29, 1.82) is 0 Å². The Hall–Kier alpha value is -3.59. The minimum atomic E-state index is -0.885. The monoisotopic (exact) mass is 491 g/mol. The van der Waals surface area contributed by atoms with E-state index in [1.165, 1.54) is 51.6 Å². The SMILES string of the molecule is O=C(NC1CCCCC1)[C@H](c1cccs1)N(C(=O)Cn1nnc2ccccc21)c1ccc(F)cc1. The highest BCUT2D eigenvalue weighted by molar-refractivity contribution is 7.10. The maximum atomic E-state index is 13.8.